The summed E-state index contributed by atoms with van der Waals surface area (Å²) in [6, 6.07) is 8.11. The van der Waals surface area contributed by atoms with Crippen molar-refractivity contribution in [2.75, 3.05) is 53.5 Å². The predicted octanol–water partition coefficient (Wildman–Crippen LogP) is 1.74. The lowest BCUT2D eigenvalue weighted by Gasteiger charge is -2.29. The van der Waals surface area contributed by atoms with E-state index in [0.29, 0.717) is 6.54 Å². The third-order valence-electron chi connectivity index (χ3n) is 4.02. The molecule has 142 valence electrons. The van der Waals surface area contributed by atoms with E-state index in [2.05, 4.69) is 40.6 Å². The number of hydrogen-bond donors (Lipinski definition) is 2. The van der Waals surface area contributed by atoms with Gasteiger partial charge in [-0.3, -0.25) is 4.99 Å². The second kappa shape index (κ2) is 12.3. The monoisotopic (exact) mass is 462 g/mol. The molecule has 1 atom stereocenters. The third kappa shape index (κ3) is 7.79. The molecule has 1 fully saturated rings. The Morgan fingerprint density at radius 1 is 1.36 bits per heavy atom. The number of aliphatic imine (C=N–C) groups is 1. The van der Waals surface area contributed by atoms with Crippen LogP contribution in [0, 0.1) is 0 Å². The molecule has 1 aliphatic rings. The highest BCUT2D eigenvalue weighted by molar-refractivity contribution is 14.0. The Morgan fingerprint density at radius 3 is 2.88 bits per heavy atom. The van der Waals surface area contributed by atoms with Gasteiger partial charge in [0.25, 0.3) is 0 Å². The van der Waals surface area contributed by atoms with E-state index in [-0.39, 0.29) is 30.1 Å². The van der Waals surface area contributed by atoms with E-state index in [1.165, 1.54) is 5.56 Å². The van der Waals surface area contributed by atoms with Gasteiger partial charge in [-0.25, -0.2) is 0 Å². The van der Waals surface area contributed by atoms with Crippen molar-refractivity contribution in [3.63, 3.8) is 0 Å². The van der Waals surface area contributed by atoms with Crippen molar-refractivity contribution >= 4 is 29.9 Å². The number of likely N-dealkylation sites (N-methyl/N-ethyl adjacent to an activating group) is 1. The number of nitrogens with zero attached hydrogens (tertiary/aromatic N) is 2. The summed E-state index contributed by atoms with van der Waals surface area (Å²) in [5, 5.41) is 6.67. The van der Waals surface area contributed by atoms with Crippen LogP contribution in [0.25, 0.3) is 0 Å². The van der Waals surface area contributed by atoms with E-state index in [0.717, 1.165) is 50.9 Å². The zero-order valence-electron chi connectivity index (χ0n) is 15.5. The van der Waals surface area contributed by atoms with Crippen molar-refractivity contribution in [3.8, 4) is 5.75 Å². The van der Waals surface area contributed by atoms with Gasteiger partial charge in [0, 0.05) is 26.2 Å². The Bertz CT molecular complexity index is 528. The van der Waals surface area contributed by atoms with Crippen LogP contribution in [0.3, 0.4) is 0 Å². The molecule has 1 aromatic rings. The Kier molecular flexibility index (Phi) is 10.8. The maximum absolute atomic E-state index is 5.76. The highest BCUT2D eigenvalue weighted by Crippen LogP contribution is 2.17. The Balaban J connectivity index is 0.00000312. The Hall–Kier alpha value is -1.06. The molecule has 0 spiro atoms. The van der Waals surface area contributed by atoms with E-state index in [1.807, 2.05) is 18.2 Å². The van der Waals surface area contributed by atoms with Gasteiger partial charge in [-0.2, -0.15) is 0 Å². The van der Waals surface area contributed by atoms with Crippen molar-refractivity contribution in [2.24, 2.45) is 4.99 Å². The van der Waals surface area contributed by atoms with Crippen molar-refractivity contribution < 1.29 is 9.47 Å². The molecule has 0 bridgehead atoms. The number of halogens is 1. The van der Waals surface area contributed by atoms with E-state index in [1.54, 1.807) is 7.11 Å². The molecule has 6 nitrogen and oxygen atoms in total. The summed E-state index contributed by atoms with van der Waals surface area (Å²) in [4.78, 5) is 6.94. The second-order valence-electron chi connectivity index (χ2n) is 5.96. The van der Waals surface area contributed by atoms with Gasteiger partial charge in [-0.05, 0) is 32.0 Å². The lowest BCUT2D eigenvalue weighted by Crippen LogP contribution is -2.43. The van der Waals surface area contributed by atoms with E-state index >= 15 is 0 Å². The summed E-state index contributed by atoms with van der Waals surface area (Å²) < 4.78 is 11.2. The highest BCUT2D eigenvalue weighted by atomic mass is 127. The van der Waals surface area contributed by atoms with Crippen LogP contribution in [0.5, 0.6) is 5.75 Å². The van der Waals surface area contributed by atoms with Crippen LogP contribution < -0.4 is 15.4 Å². The van der Waals surface area contributed by atoms with Gasteiger partial charge >= 0.3 is 0 Å². The lowest BCUT2D eigenvalue weighted by atomic mass is 10.1. The number of ether oxygens (including phenoxy) is 2. The van der Waals surface area contributed by atoms with Gasteiger partial charge in [0.1, 0.15) is 5.75 Å². The molecule has 0 aromatic heterocycles. The number of nitrogens with one attached hydrogen (secondary N) is 2. The number of benzene rings is 1. The molecular formula is C18H31IN4O2. The molecule has 1 unspecified atom stereocenters. The number of para-hydroxylation sites is 1. The highest BCUT2D eigenvalue weighted by Gasteiger charge is 2.17. The number of guanidine groups is 1. The fourth-order valence-electron chi connectivity index (χ4n) is 2.74. The predicted molar refractivity (Wildman–Crippen MR) is 113 cm³/mol. The molecule has 1 aliphatic heterocycles. The normalized spacial score (nSPS) is 18.4. The fourth-order valence-corrected chi connectivity index (χ4v) is 2.74. The quantitative estimate of drug-likeness (QED) is 0.368. The number of hydrogen-bond acceptors (Lipinski definition) is 4. The molecule has 2 rings (SSSR count). The molecule has 2 N–H and O–H groups in total. The van der Waals surface area contributed by atoms with Crippen LogP contribution in [0.1, 0.15) is 12.5 Å². The van der Waals surface area contributed by atoms with Crippen molar-refractivity contribution in [2.45, 2.75) is 19.4 Å². The minimum absolute atomic E-state index is 0. The van der Waals surface area contributed by atoms with Crippen LogP contribution in [-0.4, -0.2) is 70.5 Å². The maximum atomic E-state index is 5.76. The van der Waals surface area contributed by atoms with E-state index < -0.39 is 0 Å². The molecule has 0 radical (unpaired) electrons. The zero-order chi connectivity index (χ0) is 17.2. The minimum Gasteiger partial charge on any atom is -0.496 e. The average molecular weight is 462 g/mol. The molecule has 1 saturated heterocycles. The summed E-state index contributed by atoms with van der Waals surface area (Å²) in [7, 11) is 3.83. The number of morpholine rings is 1. The van der Waals surface area contributed by atoms with Crippen molar-refractivity contribution in [1.82, 2.24) is 15.5 Å². The number of rotatable bonds is 7. The van der Waals surface area contributed by atoms with Crippen LogP contribution in [-0.2, 0) is 11.2 Å². The van der Waals surface area contributed by atoms with Crippen LogP contribution in [0.2, 0.25) is 0 Å². The smallest absolute Gasteiger partial charge is 0.191 e. The number of methoxy groups -OCH3 is 1. The summed E-state index contributed by atoms with van der Waals surface area (Å²) in [6.45, 7) is 7.11. The van der Waals surface area contributed by atoms with Gasteiger partial charge in [0.05, 0.1) is 26.4 Å². The van der Waals surface area contributed by atoms with Crippen LogP contribution >= 0.6 is 24.0 Å². The second-order valence-corrected chi connectivity index (χ2v) is 5.96. The van der Waals surface area contributed by atoms with Gasteiger partial charge < -0.3 is 25.0 Å². The average Bonchev–Trinajstić information content (AvgIpc) is 2.60. The first-order valence-electron chi connectivity index (χ1n) is 8.67. The molecule has 1 heterocycles. The topological polar surface area (TPSA) is 58.1 Å². The first kappa shape index (κ1) is 22.0. The Morgan fingerprint density at radius 2 is 2.16 bits per heavy atom. The maximum Gasteiger partial charge on any atom is 0.191 e. The minimum atomic E-state index is 0. The fraction of sp³-hybridized carbons (Fsp3) is 0.611. The van der Waals surface area contributed by atoms with Gasteiger partial charge in [-0.1, -0.05) is 18.2 Å². The molecule has 0 amide bonds. The van der Waals surface area contributed by atoms with Gasteiger partial charge in [0.2, 0.25) is 0 Å². The summed E-state index contributed by atoms with van der Waals surface area (Å²) in [6.07, 6.45) is 1.06. The summed E-state index contributed by atoms with van der Waals surface area (Å²) in [5.74, 6) is 1.77. The van der Waals surface area contributed by atoms with Crippen LogP contribution in [0.4, 0.5) is 0 Å². The lowest BCUT2D eigenvalue weighted by molar-refractivity contribution is -0.0136. The zero-order valence-corrected chi connectivity index (χ0v) is 17.8. The molecule has 7 heteroatoms. The molecule has 1 aromatic carbocycles. The SMILES string of the molecule is CCNC(=NCC1CN(C)CCO1)NCCc1ccccc1OC.I. The molecular weight excluding hydrogens is 431 g/mol. The van der Waals surface area contributed by atoms with E-state index in [9.17, 15) is 0 Å². The standard InChI is InChI=1S/C18H30N4O2.HI/c1-4-19-18(21-13-16-14-22(2)11-12-24-16)20-10-9-15-7-5-6-8-17(15)23-3;/h5-8,16H,4,9-14H2,1-3H3,(H2,19,20,21);1H. The van der Waals surface area contributed by atoms with Gasteiger partial charge in [-0.15, -0.1) is 24.0 Å². The van der Waals surface area contributed by atoms with Crippen molar-refractivity contribution in [1.29, 1.82) is 0 Å². The molecule has 0 saturated carbocycles. The molecule has 25 heavy (non-hydrogen) atoms. The largest absolute Gasteiger partial charge is 0.496 e. The summed E-state index contributed by atoms with van der Waals surface area (Å²) >= 11 is 0. The first-order chi connectivity index (χ1) is 11.7. The van der Waals surface area contributed by atoms with E-state index in [4.69, 9.17) is 9.47 Å². The van der Waals surface area contributed by atoms with Gasteiger partial charge in [0.15, 0.2) is 5.96 Å². The summed E-state index contributed by atoms with van der Waals surface area (Å²) in [5.41, 5.74) is 1.19. The third-order valence-corrected chi connectivity index (χ3v) is 4.02. The first-order valence-corrected chi connectivity index (χ1v) is 8.67. The van der Waals surface area contributed by atoms with Crippen molar-refractivity contribution in [3.05, 3.63) is 29.8 Å². The van der Waals surface area contributed by atoms with Crippen LogP contribution in [0.15, 0.2) is 29.3 Å². The molecule has 0 aliphatic carbocycles. The Labute approximate surface area is 168 Å².